The zero-order valence-corrected chi connectivity index (χ0v) is 12.5. The Kier molecular flexibility index (Phi) is 3.93. The van der Waals surface area contributed by atoms with Gasteiger partial charge < -0.3 is 10.1 Å². The Morgan fingerprint density at radius 1 is 1.33 bits per heavy atom. The second-order valence-corrected chi connectivity index (χ2v) is 7.72. The van der Waals surface area contributed by atoms with E-state index in [1.807, 2.05) is 0 Å². The normalized spacial score (nSPS) is 38.8. The van der Waals surface area contributed by atoms with Crippen molar-refractivity contribution in [2.24, 2.45) is 5.41 Å². The molecule has 3 fully saturated rings. The van der Waals surface area contributed by atoms with Crippen LogP contribution in [0.25, 0.3) is 0 Å². The van der Waals surface area contributed by atoms with E-state index in [-0.39, 0.29) is 5.60 Å². The van der Waals surface area contributed by atoms with Crippen LogP contribution in [0.4, 0.5) is 0 Å². The lowest BCUT2D eigenvalue weighted by Crippen LogP contribution is -2.50. The van der Waals surface area contributed by atoms with E-state index in [9.17, 15) is 0 Å². The molecular weight excluding hydrogens is 242 g/mol. The summed E-state index contributed by atoms with van der Waals surface area (Å²) in [5.41, 5.74) is 0.884. The van der Waals surface area contributed by atoms with Crippen molar-refractivity contribution >= 4 is 11.8 Å². The number of hydrogen-bond donors (Lipinski definition) is 1. The third-order valence-corrected chi connectivity index (χ3v) is 6.71. The van der Waals surface area contributed by atoms with E-state index in [0.29, 0.717) is 11.5 Å². The molecule has 2 atom stereocenters. The minimum atomic E-state index is 0.236. The summed E-state index contributed by atoms with van der Waals surface area (Å²) < 4.78 is 6.09. The molecule has 2 saturated heterocycles. The zero-order chi connectivity index (χ0) is 12.5. The predicted molar refractivity (Wildman–Crippen MR) is 78.2 cm³/mol. The fraction of sp³-hybridized carbons (Fsp3) is 1.00. The standard InChI is InChI=1S/C15H27NOS/c1-2-14(5-3-6-14)11-16-13-4-8-17-15(10-13)7-9-18-12-15/h13,16H,2-12H2,1H3. The average Bonchev–Trinajstić information content (AvgIpc) is 2.77. The van der Waals surface area contributed by atoms with Gasteiger partial charge in [-0.3, -0.25) is 0 Å². The highest BCUT2D eigenvalue weighted by atomic mass is 32.2. The van der Waals surface area contributed by atoms with Crippen LogP contribution < -0.4 is 5.32 Å². The monoisotopic (exact) mass is 269 g/mol. The lowest BCUT2D eigenvalue weighted by Gasteiger charge is -2.44. The van der Waals surface area contributed by atoms with Gasteiger partial charge in [-0.25, -0.2) is 0 Å². The van der Waals surface area contributed by atoms with Gasteiger partial charge in [-0.1, -0.05) is 13.3 Å². The molecule has 1 aliphatic carbocycles. The van der Waals surface area contributed by atoms with E-state index in [1.54, 1.807) is 0 Å². The molecule has 0 aromatic heterocycles. The lowest BCUT2D eigenvalue weighted by molar-refractivity contribution is -0.0720. The molecule has 0 radical (unpaired) electrons. The molecule has 2 unspecified atom stereocenters. The number of nitrogens with one attached hydrogen (secondary N) is 1. The van der Waals surface area contributed by atoms with Crippen molar-refractivity contribution in [3.63, 3.8) is 0 Å². The molecule has 2 heterocycles. The molecule has 18 heavy (non-hydrogen) atoms. The molecule has 0 aromatic carbocycles. The van der Waals surface area contributed by atoms with Crippen molar-refractivity contribution < 1.29 is 4.74 Å². The van der Waals surface area contributed by atoms with Crippen LogP contribution in [0.3, 0.4) is 0 Å². The minimum absolute atomic E-state index is 0.236. The Bertz CT molecular complexity index is 279. The van der Waals surface area contributed by atoms with Crippen molar-refractivity contribution in [1.29, 1.82) is 0 Å². The van der Waals surface area contributed by atoms with Gasteiger partial charge in [0, 0.05) is 24.9 Å². The lowest BCUT2D eigenvalue weighted by atomic mass is 9.67. The van der Waals surface area contributed by atoms with Gasteiger partial charge in [0.1, 0.15) is 0 Å². The topological polar surface area (TPSA) is 21.3 Å². The third-order valence-electron chi connectivity index (χ3n) is 5.49. The van der Waals surface area contributed by atoms with Crippen LogP contribution in [-0.4, -0.2) is 36.3 Å². The van der Waals surface area contributed by atoms with Crippen LogP contribution in [-0.2, 0) is 4.74 Å². The molecule has 1 spiro atoms. The van der Waals surface area contributed by atoms with Gasteiger partial charge in [-0.15, -0.1) is 0 Å². The van der Waals surface area contributed by atoms with Gasteiger partial charge in [-0.2, -0.15) is 11.8 Å². The maximum absolute atomic E-state index is 6.09. The number of ether oxygens (including phenoxy) is 1. The van der Waals surface area contributed by atoms with E-state index in [0.717, 1.165) is 6.61 Å². The van der Waals surface area contributed by atoms with E-state index in [2.05, 4.69) is 24.0 Å². The first-order valence-electron chi connectivity index (χ1n) is 7.71. The fourth-order valence-corrected chi connectivity index (χ4v) is 5.14. The zero-order valence-electron chi connectivity index (χ0n) is 11.7. The van der Waals surface area contributed by atoms with Gasteiger partial charge >= 0.3 is 0 Å². The highest BCUT2D eigenvalue weighted by molar-refractivity contribution is 7.99. The molecule has 104 valence electrons. The van der Waals surface area contributed by atoms with Gasteiger partial charge in [0.25, 0.3) is 0 Å². The summed E-state index contributed by atoms with van der Waals surface area (Å²) in [7, 11) is 0. The highest BCUT2D eigenvalue weighted by Gasteiger charge is 2.41. The SMILES string of the molecule is CCC1(CNC2CCOC3(CCSC3)C2)CCC1. The summed E-state index contributed by atoms with van der Waals surface area (Å²) >= 11 is 2.07. The van der Waals surface area contributed by atoms with Gasteiger partial charge in [0.05, 0.1) is 5.60 Å². The summed E-state index contributed by atoms with van der Waals surface area (Å²) in [6.45, 7) is 4.58. The maximum atomic E-state index is 6.09. The average molecular weight is 269 g/mol. The first-order chi connectivity index (χ1) is 8.76. The molecule has 2 nitrogen and oxygen atoms in total. The van der Waals surface area contributed by atoms with Gasteiger partial charge in [0.2, 0.25) is 0 Å². The Balaban J connectivity index is 1.50. The summed E-state index contributed by atoms with van der Waals surface area (Å²) in [6.07, 6.45) is 9.43. The van der Waals surface area contributed by atoms with Crippen LogP contribution in [0.15, 0.2) is 0 Å². The van der Waals surface area contributed by atoms with E-state index < -0.39 is 0 Å². The second-order valence-electron chi connectivity index (χ2n) is 6.61. The fourth-order valence-electron chi connectivity index (χ4n) is 3.76. The molecular formula is C15H27NOS. The molecule has 0 bridgehead atoms. The Morgan fingerprint density at radius 3 is 2.83 bits per heavy atom. The molecule has 3 heteroatoms. The van der Waals surface area contributed by atoms with Crippen molar-refractivity contribution in [2.45, 2.75) is 63.5 Å². The van der Waals surface area contributed by atoms with E-state index >= 15 is 0 Å². The Morgan fingerprint density at radius 2 is 2.22 bits per heavy atom. The smallest absolute Gasteiger partial charge is 0.0795 e. The quantitative estimate of drug-likeness (QED) is 0.847. The number of rotatable bonds is 4. The van der Waals surface area contributed by atoms with E-state index in [4.69, 9.17) is 4.74 Å². The molecule has 0 amide bonds. The van der Waals surface area contributed by atoms with Crippen molar-refractivity contribution in [1.82, 2.24) is 5.32 Å². The number of hydrogen-bond acceptors (Lipinski definition) is 3. The molecule has 3 rings (SSSR count). The maximum Gasteiger partial charge on any atom is 0.0795 e. The van der Waals surface area contributed by atoms with E-state index in [1.165, 1.54) is 63.0 Å². The molecule has 1 saturated carbocycles. The highest BCUT2D eigenvalue weighted by Crippen LogP contribution is 2.44. The summed E-state index contributed by atoms with van der Waals surface area (Å²) in [5, 5.41) is 3.88. The van der Waals surface area contributed by atoms with Crippen LogP contribution >= 0.6 is 11.8 Å². The summed E-state index contributed by atoms with van der Waals surface area (Å²) in [4.78, 5) is 0. The largest absolute Gasteiger partial charge is 0.374 e. The van der Waals surface area contributed by atoms with Crippen molar-refractivity contribution in [3.8, 4) is 0 Å². The Hall–Kier alpha value is 0.270. The van der Waals surface area contributed by atoms with Crippen molar-refractivity contribution in [3.05, 3.63) is 0 Å². The van der Waals surface area contributed by atoms with Gasteiger partial charge in [0.15, 0.2) is 0 Å². The van der Waals surface area contributed by atoms with Crippen LogP contribution in [0.2, 0.25) is 0 Å². The van der Waals surface area contributed by atoms with Crippen LogP contribution in [0.1, 0.15) is 51.9 Å². The molecule has 2 aliphatic heterocycles. The number of thioether (sulfide) groups is 1. The summed E-state index contributed by atoms with van der Waals surface area (Å²) in [6, 6.07) is 0.710. The predicted octanol–water partition coefficient (Wildman–Crippen LogP) is 3.21. The molecule has 3 aliphatic rings. The first kappa shape index (κ1) is 13.3. The third kappa shape index (κ3) is 2.59. The Labute approximate surface area is 116 Å². The van der Waals surface area contributed by atoms with Crippen molar-refractivity contribution in [2.75, 3.05) is 24.7 Å². The summed E-state index contributed by atoms with van der Waals surface area (Å²) in [5.74, 6) is 2.52. The molecule has 1 N–H and O–H groups in total. The first-order valence-corrected chi connectivity index (χ1v) is 8.87. The second kappa shape index (κ2) is 5.34. The van der Waals surface area contributed by atoms with Crippen LogP contribution in [0.5, 0.6) is 0 Å². The minimum Gasteiger partial charge on any atom is -0.374 e. The molecule has 0 aromatic rings. The van der Waals surface area contributed by atoms with Crippen LogP contribution in [0, 0.1) is 5.41 Å². The van der Waals surface area contributed by atoms with Gasteiger partial charge in [-0.05, 0) is 49.7 Å².